The van der Waals surface area contributed by atoms with Crippen LogP contribution in [-0.4, -0.2) is 44.2 Å². The number of nitrogens with zero attached hydrogens (tertiary/aromatic N) is 1. The van der Waals surface area contributed by atoms with Gasteiger partial charge in [0.2, 0.25) is 5.91 Å². The van der Waals surface area contributed by atoms with Crippen LogP contribution in [0.4, 0.5) is 0 Å². The molecule has 0 spiro atoms. The highest BCUT2D eigenvalue weighted by Gasteiger charge is 2.36. The zero-order valence-corrected chi connectivity index (χ0v) is 14.0. The van der Waals surface area contributed by atoms with Crippen LogP contribution in [0.3, 0.4) is 0 Å². The Morgan fingerprint density at radius 3 is 2.70 bits per heavy atom. The van der Waals surface area contributed by atoms with E-state index < -0.39 is 0 Å². The zero-order valence-electron chi connectivity index (χ0n) is 14.0. The summed E-state index contributed by atoms with van der Waals surface area (Å²) in [5, 5.41) is 3.34. The maximum Gasteiger partial charge on any atom is 0.227 e. The van der Waals surface area contributed by atoms with Crippen LogP contribution >= 0.6 is 0 Å². The number of benzene rings is 1. The quantitative estimate of drug-likeness (QED) is 0.873. The van der Waals surface area contributed by atoms with E-state index in [9.17, 15) is 4.79 Å². The van der Waals surface area contributed by atoms with E-state index in [1.54, 1.807) is 14.2 Å². The highest BCUT2D eigenvalue weighted by molar-refractivity contribution is 5.80. The third-order valence-electron chi connectivity index (χ3n) is 4.74. The van der Waals surface area contributed by atoms with Gasteiger partial charge in [0.25, 0.3) is 0 Å². The Hall–Kier alpha value is -1.75. The minimum Gasteiger partial charge on any atom is -0.493 e. The lowest BCUT2D eigenvalue weighted by molar-refractivity contribution is -0.137. The van der Waals surface area contributed by atoms with Crippen LogP contribution < -0.4 is 14.8 Å². The van der Waals surface area contributed by atoms with Crippen LogP contribution in [0.5, 0.6) is 11.5 Å². The highest BCUT2D eigenvalue weighted by Crippen LogP contribution is 2.35. The normalized spacial score (nSPS) is 20.9. The molecule has 126 valence electrons. The van der Waals surface area contributed by atoms with Crippen molar-refractivity contribution in [3.05, 3.63) is 23.8 Å². The zero-order chi connectivity index (χ0) is 16.2. The molecule has 5 heteroatoms. The fourth-order valence-electron chi connectivity index (χ4n) is 3.33. The van der Waals surface area contributed by atoms with Crippen molar-refractivity contribution in [1.82, 2.24) is 10.2 Å². The monoisotopic (exact) mass is 318 g/mol. The predicted octanol–water partition coefficient (Wildman–Crippen LogP) is 2.19. The number of hydrogen-bond acceptors (Lipinski definition) is 4. The van der Waals surface area contributed by atoms with Gasteiger partial charge in [-0.25, -0.2) is 0 Å². The van der Waals surface area contributed by atoms with Gasteiger partial charge in [-0.15, -0.1) is 0 Å². The highest BCUT2D eigenvalue weighted by atomic mass is 16.5. The lowest BCUT2D eigenvalue weighted by atomic mass is 9.97. The third-order valence-corrected chi connectivity index (χ3v) is 4.74. The summed E-state index contributed by atoms with van der Waals surface area (Å²) in [7, 11) is 3.29. The van der Waals surface area contributed by atoms with Gasteiger partial charge in [0.05, 0.1) is 20.1 Å². The van der Waals surface area contributed by atoms with Crippen molar-refractivity contribution in [3.8, 4) is 11.5 Å². The van der Waals surface area contributed by atoms with E-state index in [0.29, 0.717) is 18.3 Å². The molecule has 1 aliphatic carbocycles. The Morgan fingerprint density at radius 1 is 1.26 bits per heavy atom. The van der Waals surface area contributed by atoms with Crippen LogP contribution in [0.25, 0.3) is 0 Å². The van der Waals surface area contributed by atoms with Crippen LogP contribution in [0.2, 0.25) is 0 Å². The van der Waals surface area contributed by atoms with Crippen molar-refractivity contribution < 1.29 is 14.3 Å². The number of rotatable bonds is 6. The molecule has 1 unspecified atom stereocenters. The Bertz CT molecular complexity index is 551. The summed E-state index contributed by atoms with van der Waals surface area (Å²) in [6.45, 7) is 2.43. The van der Waals surface area contributed by atoms with E-state index in [1.165, 1.54) is 0 Å². The molecule has 0 bridgehead atoms. The fraction of sp³-hybridized carbons (Fsp3) is 0.611. The van der Waals surface area contributed by atoms with Gasteiger partial charge < -0.3 is 19.7 Å². The average molecular weight is 318 g/mol. The molecule has 5 nitrogen and oxygen atoms in total. The van der Waals surface area contributed by atoms with Crippen LogP contribution in [0.1, 0.15) is 31.2 Å². The first-order valence-corrected chi connectivity index (χ1v) is 8.45. The molecule has 2 fully saturated rings. The summed E-state index contributed by atoms with van der Waals surface area (Å²) in [5.74, 6) is 1.84. The molecule has 0 radical (unpaired) electrons. The molecule has 1 aromatic rings. The average Bonchev–Trinajstić information content (AvgIpc) is 3.44. The van der Waals surface area contributed by atoms with Gasteiger partial charge in [-0.2, -0.15) is 0 Å². The van der Waals surface area contributed by atoms with Crippen molar-refractivity contribution >= 4 is 5.91 Å². The largest absolute Gasteiger partial charge is 0.493 e. The molecule has 1 N–H and O–H groups in total. The molecule has 1 saturated carbocycles. The molecule has 1 atom stereocenters. The number of para-hydroxylation sites is 1. The molecule has 1 amide bonds. The summed E-state index contributed by atoms with van der Waals surface area (Å²) in [6, 6.07) is 6.24. The van der Waals surface area contributed by atoms with Crippen LogP contribution in [-0.2, 0) is 11.3 Å². The van der Waals surface area contributed by atoms with Gasteiger partial charge in [-0.05, 0) is 38.3 Å². The third kappa shape index (κ3) is 3.61. The minimum absolute atomic E-state index is 0.112. The summed E-state index contributed by atoms with van der Waals surface area (Å²) in [4.78, 5) is 15.0. The van der Waals surface area contributed by atoms with E-state index in [4.69, 9.17) is 9.47 Å². The Balaban J connectivity index is 1.79. The molecule has 0 aromatic heterocycles. The minimum atomic E-state index is 0.112. The van der Waals surface area contributed by atoms with Gasteiger partial charge >= 0.3 is 0 Å². The number of hydrogen-bond donors (Lipinski definition) is 1. The lowest BCUT2D eigenvalue weighted by Crippen LogP contribution is -2.43. The predicted molar refractivity (Wildman–Crippen MR) is 88.7 cm³/mol. The molecule has 23 heavy (non-hydrogen) atoms. The molecule has 1 saturated heterocycles. The van der Waals surface area contributed by atoms with E-state index in [1.807, 2.05) is 18.2 Å². The first-order chi connectivity index (χ1) is 11.2. The van der Waals surface area contributed by atoms with E-state index >= 15 is 0 Å². The molecule has 2 aliphatic rings. The van der Waals surface area contributed by atoms with Gasteiger partial charge in [0.1, 0.15) is 0 Å². The number of piperidine rings is 1. The fourth-order valence-corrected chi connectivity index (χ4v) is 3.33. The topological polar surface area (TPSA) is 50.8 Å². The number of amides is 1. The van der Waals surface area contributed by atoms with E-state index in [-0.39, 0.29) is 11.8 Å². The van der Waals surface area contributed by atoms with Crippen LogP contribution in [0, 0.1) is 5.92 Å². The maximum atomic E-state index is 13.0. The van der Waals surface area contributed by atoms with Crippen LogP contribution in [0.15, 0.2) is 18.2 Å². The second kappa shape index (κ2) is 7.21. The summed E-state index contributed by atoms with van der Waals surface area (Å²) in [6.07, 6.45) is 4.29. The van der Waals surface area contributed by atoms with E-state index in [2.05, 4.69) is 10.2 Å². The van der Waals surface area contributed by atoms with Crippen molar-refractivity contribution in [2.45, 2.75) is 38.3 Å². The molecule has 1 heterocycles. The van der Waals surface area contributed by atoms with Crippen molar-refractivity contribution in [2.24, 2.45) is 5.92 Å². The maximum absolute atomic E-state index is 13.0. The van der Waals surface area contributed by atoms with Gasteiger partial charge in [-0.1, -0.05) is 12.1 Å². The van der Waals surface area contributed by atoms with Gasteiger partial charge in [-0.3, -0.25) is 4.79 Å². The lowest BCUT2D eigenvalue weighted by Gasteiger charge is -2.30. The molecule has 3 rings (SSSR count). The standard InChI is InChI=1S/C18H26N2O3/c1-22-16-7-3-5-14(17(16)23-2)12-20(15-8-9-15)18(21)13-6-4-10-19-11-13/h3,5,7,13,15,19H,4,6,8-12H2,1-2H3. The smallest absolute Gasteiger partial charge is 0.227 e. The Kier molecular flexibility index (Phi) is 5.06. The Morgan fingerprint density at radius 2 is 2.09 bits per heavy atom. The number of ether oxygens (including phenoxy) is 2. The Labute approximate surface area is 137 Å². The number of carbonyl (C=O) groups is 1. The van der Waals surface area contributed by atoms with Gasteiger partial charge in [0, 0.05) is 24.7 Å². The molecule has 1 aromatic carbocycles. The number of nitrogens with one attached hydrogen (secondary N) is 1. The number of carbonyl (C=O) groups excluding carboxylic acids is 1. The second-order valence-corrected chi connectivity index (χ2v) is 6.39. The second-order valence-electron chi connectivity index (χ2n) is 6.39. The van der Waals surface area contributed by atoms with Crippen molar-refractivity contribution in [1.29, 1.82) is 0 Å². The van der Waals surface area contributed by atoms with Crippen molar-refractivity contribution in [3.63, 3.8) is 0 Å². The summed E-state index contributed by atoms with van der Waals surface area (Å²) in [5.41, 5.74) is 1.01. The van der Waals surface area contributed by atoms with E-state index in [0.717, 1.165) is 50.1 Å². The first-order valence-electron chi connectivity index (χ1n) is 8.45. The molecular weight excluding hydrogens is 292 g/mol. The summed E-state index contributed by atoms with van der Waals surface area (Å²) >= 11 is 0. The molecular formula is C18H26N2O3. The SMILES string of the molecule is COc1cccc(CN(C(=O)C2CCCNC2)C2CC2)c1OC. The first kappa shape index (κ1) is 16.1. The van der Waals surface area contributed by atoms with Gasteiger partial charge in [0.15, 0.2) is 11.5 Å². The number of methoxy groups -OCH3 is 2. The van der Waals surface area contributed by atoms with Crippen molar-refractivity contribution in [2.75, 3.05) is 27.3 Å². The summed E-state index contributed by atoms with van der Waals surface area (Å²) < 4.78 is 10.9. The molecule has 1 aliphatic heterocycles.